The highest BCUT2D eigenvalue weighted by atomic mass is 19.3. The number of aryl methyl sites for hydroxylation is 1. The van der Waals surface area contributed by atoms with E-state index in [1.165, 1.54) is 30.6 Å². The van der Waals surface area contributed by atoms with E-state index in [0.717, 1.165) is 25.2 Å². The van der Waals surface area contributed by atoms with Crippen LogP contribution in [0.3, 0.4) is 0 Å². The summed E-state index contributed by atoms with van der Waals surface area (Å²) in [6, 6.07) is 10.7. The van der Waals surface area contributed by atoms with E-state index in [-0.39, 0.29) is 29.4 Å². The number of hydrogen-bond acceptors (Lipinski definition) is 4. The number of ether oxygens (including phenoxy) is 1. The molecule has 6 nitrogen and oxygen atoms in total. The molecule has 2 saturated heterocycles. The van der Waals surface area contributed by atoms with Crippen LogP contribution in [0.4, 0.5) is 8.78 Å². The van der Waals surface area contributed by atoms with Crippen LogP contribution in [0.2, 0.25) is 0 Å². The first-order valence-corrected chi connectivity index (χ1v) is 10.1. The van der Waals surface area contributed by atoms with Gasteiger partial charge in [-0.05, 0) is 37.6 Å². The number of carbonyl (C=O) groups excluding carboxylic acids is 1. The smallest absolute Gasteiger partial charge is 0.282 e. The maximum atomic E-state index is 13.4. The molecule has 29 heavy (non-hydrogen) atoms. The van der Waals surface area contributed by atoms with Crippen molar-refractivity contribution >= 4 is 5.91 Å². The highest BCUT2D eigenvalue weighted by Gasteiger charge is 2.39. The zero-order valence-corrected chi connectivity index (χ0v) is 16.5. The number of nitrogens with zero attached hydrogens (tertiary/aromatic N) is 4. The van der Waals surface area contributed by atoms with Crippen molar-refractivity contribution in [3.63, 3.8) is 0 Å². The molecule has 0 unspecified atom stereocenters. The van der Waals surface area contributed by atoms with Crippen molar-refractivity contribution in [1.29, 1.82) is 0 Å². The van der Waals surface area contributed by atoms with E-state index in [4.69, 9.17) is 4.74 Å². The Hall–Kier alpha value is -2.32. The standard InChI is InChI=1S/C21H26F2N4O2/c1-25-17(13-16(24-25)20(22)23)21(28)27-11-12-29-18(14-26-9-5-6-10-26)19(27)15-7-3-2-4-8-15/h2-4,7-8,13,18-20H,5-6,9-12,14H2,1H3/t18-,19-/m0/s1. The number of likely N-dealkylation sites (tertiary alicyclic amines) is 1. The monoisotopic (exact) mass is 404 g/mol. The molecule has 0 N–H and O–H groups in total. The summed E-state index contributed by atoms with van der Waals surface area (Å²) in [6.07, 6.45) is -0.524. The third kappa shape index (κ3) is 4.18. The lowest BCUT2D eigenvalue weighted by molar-refractivity contribution is -0.0709. The molecule has 2 aliphatic rings. The predicted molar refractivity (Wildman–Crippen MR) is 104 cm³/mol. The molecule has 156 valence electrons. The summed E-state index contributed by atoms with van der Waals surface area (Å²) in [6.45, 7) is 3.65. The summed E-state index contributed by atoms with van der Waals surface area (Å²) in [5.74, 6) is -0.296. The van der Waals surface area contributed by atoms with Crippen LogP contribution in [0.25, 0.3) is 0 Å². The Kier molecular flexibility index (Phi) is 5.91. The molecular weight excluding hydrogens is 378 g/mol. The largest absolute Gasteiger partial charge is 0.373 e. The number of benzene rings is 1. The van der Waals surface area contributed by atoms with Gasteiger partial charge in [0.25, 0.3) is 12.3 Å². The maximum Gasteiger partial charge on any atom is 0.282 e. The van der Waals surface area contributed by atoms with Crippen LogP contribution in [0.15, 0.2) is 36.4 Å². The van der Waals surface area contributed by atoms with Gasteiger partial charge in [-0.1, -0.05) is 30.3 Å². The molecule has 8 heteroatoms. The van der Waals surface area contributed by atoms with Crippen LogP contribution in [0, 0.1) is 0 Å². The summed E-state index contributed by atoms with van der Waals surface area (Å²) in [4.78, 5) is 17.5. The van der Waals surface area contributed by atoms with Crippen LogP contribution in [0.1, 0.15) is 47.1 Å². The molecule has 2 fully saturated rings. The molecule has 1 amide bonds. The van der Waals surface area contributed by atoms with Gasteiger partial charge in [0.05, 0.1) is 18.8 Å². The zero-order chi connectivity index (χ0) is 20.4. The van der Waals surface area contributed by atoms with Gasteiger partial charge < -0.3 is 14.5 Å². The van der Waals surface area contributed by atoms with Crippen LogP contribution >= 0.6 is 0 Å². The Morgan fingerprint density at radius 1 is 1.21 bits per heavy atom. The van der Waals surface area contributed by atoms with E-state index >= 15 is 0 Å². The van der Waals surface area contributed by atoms with E-state index in [2.05, 4.69) is 10.00 Å². The minimum atomic E-state index is -2.71. The normalized spacial score (nSPS) is 23.1. The molecule has 3 heterocycles. The van der Waals surface area contributed by atoms with Crippen LogP contribution < -0.4 is 0 Å². The molecular formula is C21H26F2N4O2. The number of carbonyl (C=O) groups is 1. The van der Waals surface area contributed by atoms with Gasteiger partial charge in [-0.3, -0.25) is 9.48 Å². The SMILES string of the molecule is Cn1nc(C(F)F)cc1C(=O)N1CCO[C@@H](CN2CCCC2)[C@@H]1c1ccccc1. The van der Waals surface area contributed by atoms with Crippen LogP contribution in [-0.4, -0.2) is 64.4 Å². The summed E-state index contributed by atoms with van der Waals surface area (Å²) < 4.78 is 33.5. The molecule has 0 spiro atoms. The minimum absolute atomic E-state index is 0.169. The zero-order valence-electron chi connectivity index (χ0n) is 16.5. The van der Waals surface area contributed by atoms with Gasteiger partial charge in [0.1, 0.15) is 11.4 Å². The molecule has 4 rings (SSSR count). The second-order valence-electron chi connectivity index (χ2n) is 7.65. The Morgan fingerprint density at radius 3 is 2.59 bits per heavy atom. The Morgan fingerprint density at radius 2 is 1.93 bits per heavy atom. The van der Waals surface area contributed by atoms with Crippen molar-refractivity contribution in [1.82, 2.24) is 19.6 Å². The lowest BCUT2D eigenvalue weighted by Gasteiger charge is -2.42. The average molecular weight is 404 g/mol. The van der Waals surface area contributed by atoms with E-state index in [0.29, 0.717) is 13.2 Å². The second kappa shape index (κ2) is 8.59. The topological polar surface area (TPSA) is 50.6 Å². The molecule has 2 atom stereocenters. The Balaban J connectivity index is 1.65. The first-order chi connectivity index (χ1) is 14.0. The molecule has 2 aliphatic heterocycles. The van der Waals surface area contributed by atoms with Gasteiger partial charge in [0.2, 0.25) is 0 Å². The van der Waals surface area contributed by atoms with Crippen molar-refractivity contribution in [2.45, 2.75) is 31.4 Å². The molecule has 0 radical (unpaired) electrons. The Labute approximate surface area is 169 Å². The Bertz CT molecular complexity index is 836. The van der Waals surface area contributed by atoms with Crippen LogP contribution in [-0.2, 0) is 11.8 Å². The van der Waals surface area contributed by atoms with Gasteiger partial charge in [-0.15, -0.1) is 0 Å². The van der Waals surface area contributed by atoms with E-state index in [9.17, 15) is 13.6 Å². The summed E-state index contributed by atoms with van der Waals surface area (Å²) in [5.41, 5.74) is 0.776. The van der Waals surface area contributed by atoms with E-state index in [1.807, 2.05) is 30.3 Å². The highest BCUT2D eigenvalue weighted by Crippen LogP contribution is 2.32. The van der Waals surface area contributed by atoms with Gasteiger partial charge in [-0.25, -0.2) is 8.78 Å². The fraction of sp³-hybridized carbons (Fsp3) is 0.524. The van der Waals surface area contributed by atoms with Crippen molar-refractivity contribution in [3.05, 3.63) is 53.3 Å². The number of alkyl halides is 2. The maximum absolute atomic E-state index is 13.4. The first kappa shape index (κ1) is 20.0. The quantitative estimate of drug-likeness (QED) is 0.769. The first-order valence-electron chi connectivity index (χ1n) is 10.1. The summed E-state index contributed by atoms with van der Waals surface area (Å²) >= 11 is 0. The van der Waals surface area contributed by atoms with Gasteiger partial charge in [0, 0.05) is 20.1 Å². The number of morpholine rings is 1. The number of halogens is 2. The predicted octanol–water partition coefficient (Wildman–Crippen LogP) is 3.04. The fourth-order valence-corrected chi connectivity index (χ4v) is 4.32. The minimum Gasteiger partial charge on any atom is -0.373 e. The lowest BCUT2D eigenvalue weighted by atomic mass is 9.97. The second-order valence-corrected chi connectivity index (χ2v) is 7.65. The van der Waals surface area contributed by atoms with Crippen LogP contribution in [0.5, 0.6) is 0 Å². The molecule has 0 saturated carbocycles. The lowest BCUT2D eigenvalue weighted by Crippen LogP contribution is -2.51. The van der Waals surface area contributed by atoms with Gasteiger partial charge in [-0.2, -0.15) is 5.10 Å². The average Bonchev–Trinajstić information content (AvgIpc) is 3.37. The van der Waals surface area contributed by atoms with Crippen molar-refractivity contribution in [3.8, 4) is 0 Å². The fourth-order valence-electron chi connectivity index (χ4n) is 4.32. The third-order valence-corrected chi connectivity index (χ3v) is 5.73. The van der Waals surface area contributed by atoms with Crippen molar-refractivity contribution in [2.24, 2.45) is 7.05 Å². The summed E-state index contributed by atoms with van der Waals surface area (Å²) in [7, 11) is 1.53. The van der Waals surface area contributed by atoms with Gasteiger partial charge >= 0.3 is 0 Å². The van der Waals surface area contributed by atoms with E-state index < -0.39 is 6.43 Å². The molecule has 1 aromatic heterocycles. The van der Waals surface area contributed by atoms with Crippen molar-refractivity contribution in [2.75, 3.05) is 32.8 Å². The number of hydrogen-bond donors (Lipinski definition) is 0. The third-order valence-electron chi connectivity index (χ3n) is 5.73. The molecule has 1 aromatic carbocycles. The number of aromatic nitrogens is 2. The molecule has 0 bridgehead atoms. The highest BCUT2D eigenvalue weighted by molar-refractivity contribution is 5.93. The van der Waals surface area contributed by atoms with E-state index in [1.54, 1.807) is 4.90 Å². The van der Waals surface area contributed by atoms with Crippen molar-refractivity contribution < 1.29 is 18.3 Å². The molecule has 0 aliphatic carbocycles. The number of amides is 1. The summed E-state index contributed by atoms with van der Waals surface area (Å²) in [5, 5.41) is 3.81. The number of rotatable bonds is 5. The van der Waals surface area contributed by atoms with Gasteiger partial charge in [0.15, 0.2) is 0 Å². The molecule has 2 aromatic rings.